The second kappa shape index (κ2) is 4.04. The number of hydrogen-bond acceptors (Lipinski definition) is 3. The van der Waals surface area contributed by atoms with Gasteiger partial charge in [0.1, 0.15) is 0 Å². The van der Waals surface area contributed by atoms with Gasteiger partial charge in [0, 0.05) is 5.92 Å². The van der Waals surface area contributed by atoms with E-state index in [4.69, 9.17) is 9.66 Å². The lowest BCUT2D eigenvalue weighted by atomic mass is 10.1. The lowest BCUT2D eigenvalue weighted by molar-refractivity contribution is 0.162. The van der Waals surface area contributed by atoms with E-state index in [1.54, 1.807) is 13.8 Å². The Balaban J connectivity index is 4.33. The van der Waals surface area contributed by atoms with E-state index in [0.717, 1.165) is 0 Å². The van der Waals surface area contributed by atoms with Crippen LogP contribution in [-0.4, -0.2) is 23.5 Å². The molecule has 68 valence electrons. The molecular formula is C6H14O4S. The Morgan fingerprint density at radius 2 is 1.64 bits per heavy atom. The van der Waals surface area contributed by atoms with Crippen molar-refractivity contribution in [1.82, 2.24) is 0 Å². The van der Waals surface area contributed by atoms with Crippen LogP contribution >= 0.6 is 0 Å². The van der Waals surface area contributed by atoms with Gasteiger partial charge in [0.05, 0.1) is 0 Å². The molecule has 0 saturated carbocycles. The summed E-state index contributed by atoms with van der Waals surface area (Å²) in [7, 11) is -4.27. The van der Waals surface area contributed by atoms with Crippen LogP contribution in [0.2, 0.25) is 0 Å². The van der Waals surface area contributed by atoms with Gasteiger partial charge >= 0.3 is 0 Å². The number of hydrogen-bond donors (Lipinski definition) is 2. The van der Waals surface area contributed by atoms with Gasteiger partial charge in [-0.3, -0.25) is 4.55 Å². The van der Waals surface area contributed by atoms with Crippen molar-refractivity contribution < 1.29 is 18.1 Å². The third kappa shape index (κ3) is 3.18. The van der Waals surface area contributed by atoms with Crippen LogP contribution < -0.4 is 0 Å². The quantitative estimate of drug-likeness (QED) is 0.625. The molecule has 0 aliphatic rings. The molecule has 0 bridgehead atoms. The van der Waals surface area contributed by atoms with Gasteiger partial charge in [0.15, 0.2) is 5.44 Å². The largest absolute Gasteiger partial charge is 0.375 e. The minimum absolute atomic E-state index is 0.370. The van der Waals surface area contributed by atoms with Crippen molar-refractivity contribution in [2.75, 3.05) is 0 Å². The first-order valence-corrected chi connectivity index (χ1v) is 5.08. The second-order valence-corrected chi connectivity index (χ2v) is 4.00. The van der Waals surface area contributed by atoms with E-state index in [-0.39, 0.29) is 5.92 Å². The van der Waals surface area contributed by atoms with Crippen molar-refractivity contribution in [3.05, 3.63) is 0 Å². The zero-order valence-electron chi connectivity index (χ0n) is 6.69. The highest BCUT2D eigenvalue weighted by atomic mass is 32.2. The van der Waals surface area contributed by atoms with Crippen LogP contribution in [0.5, 0.6) is 0 Å². The summed E-state index contributed by atoms with van der Waals surface area (Å²) in [6.07, 6.45) is 1.08. The highest BCUT2D eigenvalue weighted by Crippen LogP contribution is 2.16. The van der Waals surface area contributed by atoms with E-state index >= 15 is 0 Å². The Labute approximate surface area is 67.0 Å². The average molecular weight is 182 g/mol. The first kappa shape index (κ1) is 10.9. The van der Waals surface area contributed by atoms with Gasteiger partial charge in [0.25, 0.3) is 10.1 Å². The van der Waals surface area contributed by atoms with E-state index in [0.29, 0.717) is 12.8 Å². The van der Waals surface area contributed by atoms with Gasteiger partial charge in [-0.1, -0.05) is 13.8 Å². The van der Waals surface area contributed by atoms with Crippen molar-refractivity contribution >= 4 is 10.1 Å². The van der Waals surface area contributed by atoms with Gasteiger partial charge in [-0.15, -0.1) is 0 Å². The minimum Gasteiger partial charge on any atom is -0.375 e. The van der Waals surface area contributed by atoms with Crippen molar-refractivity contribution in [3.63, 3.8) is 0 Å². The summed E-state index contributed by atoms with van der Waals surface area (Å²) in [6, 6.07) is 0. The molecule has 0 aromatic heterocycles. The van der Waals surface area contributed by atoms with Crippen molar-refractivity contribution in [2.45, 2.75) is 32.1 Å². The first-order valence-electron chi connectivity index (χ1n) is 3.57. The molecule has 0 aromatic carbocycles. The summed E-state index contributed by atoms with van der Waals surface area (Å²) in [5.41, 5.74) is -1.63. The van der Waals surface area contributed by atoms with Crippen molar-refractivity contribution in [2.24, 2.45) is 5.92 Å². The van der Waals surface area contributed by atoms with Crippen LogP contribution in [0, 0.1) is 5.92 Å². The molecule has 0 amide bonds. The first-order chi connectivity index (χ1) is 4.93. The van der Waals surface area contributed by atoms with Gasteiger partial charge in [-0.25, -0.2) is 0 Å². The highest BCUT2D eigenvalue weighted by Gasteiger charge is 2.26. The Morgan fingerprint density at radius 1 is 1.27 bits per heavy atom. The zero-order chi connectivity index (χ0) is 9.07. The molecule has 1 unspecified atom stereocenters. The van der Waals surface area contributed by atoms with E-state index in [1.807, 2.05) is 0 Å². The van der Waals surface area contributed by atoms with Crippen LogP contribution in [0.3, 0.4) is 0 Å². The molecule has 1 atom stereocenters. The second-order valence-electron chi connectivity index (χ2n) is 2.48. The third-order valence-corrected chi connectivity index (χ3v) is 2.75. The fourth-order valence-corrected chi connectivity index (χ4v) is 1.81. The average Bonchev–Trinajstić information content (AvgIpc) is 1.88. The summed E-state index contributed by atoms with van der Waals surface area (Å²) in [5.74, 6) is -0.370. The molecule has 5 heteroatoms. The summed E-state index contributed by atoms with van der Waals surface area (Å²) >= 11 is 0. The van der Waals surface area contributed by atoms with Gasteiger partial charge in [-0.2, -0.15) is 8.42 Å². The molecular weight excluding hydrogens is 168 g/mol. The SMILES string of the molecule is CCC(CC)C(O)S(=O)(=O)O. The zero-order valence-corrected chi connectivity index (χ0v) is 7.50. The summed E-state index contributed by atoms with van der Waals surface area (Å²) in [4.78, 5) is 0. The maximum Gasteiger partial charge on any atom is 0.292 e. The third-order valence-electron chi connectivity index (χ3n) is 1.76. The van der Waals surface area contributed by atoms with Gasteiger partial charge < -0.3 is 5.11 Å². The van der Waals surface area contributed by atoms with E-state index in [1.165, 1.54) is 0 Å². The fraction of sp³-hybridized carbons (Fsp3) is 1.00. The maximum atomic E-state index is 10.4. The molecule has 11 heavy (non-hydrogen) atoms. The Morgan fingerprint density at radius 3 is 1.73 bits per heavy atom. The van der Waals surface area contributed by atoms with Crippen molar-refractivity contribution in [1.29, 1.82) is 0 Å². The van der Waals surface area contributed by atoms with Crippen LogP contribution in [0.15, 0.2) is 0 Å². The molecule has 0 aromatic rings. The smallest absolute Gasteiger partial charge is 0.292 e. The van der Waals surface area contributed by atoms with E-state index in [2.05, 4.69) is 0 Å². The molecule has 0 aliphatic heterocycles. The molecule has 2 N–H and O–H groups in total. The van der Waals surface area contributed by atoms with E-state index < -0.39 is 15.6 Å². The molecule has 0 aliphatic carbocycles. The Bertz CT molecular complexity index is 193. The Kier molecular flexibility index (Phi) is 3.99. The van der Waals surface area contributed by atoms with Crippen molar-refractivity contribution in [3.8, 4) is 0 Å². The lowest BCUT2D eigenvalue weighted by Gasteiger charge is -2.16. The summed E-state index contributed by atoms with van der Waals surface area (Å²) < 4.78 is 29.2. The Hall–Kier alpha value is -0.130. The standard InChI is InChI=1S/C6H14O4S/c1-3-5(4-2)6(7)11(8,9)10/h5-7H,3-4H2,1-2H3,(H,8,9,10). The molecule has 0 fully saturated rings. The predicted octanol–water partition coefficient (Wildman–Crippen LogP) is 0.629. The summed E-state index contributed by atoms with van der Waals surface area (Å²) in [6.45, 7) is 3.53. The van der Waals surface area contributed by atoms with Crippen LogP contribution in [0.4, 0.5) is 0 Å². The van der Waals surface area contributed by atoms with Gasteiger partial charge in [0.2, 0.25) is 0 Å². The van der Waals surface area contributed by atoms with Crippen LogP contribution in [0.1, 0.15) is 26.7 Å². The predicted molar refractivity (Wildman–Crippen MR) is 41.6 cm³/mol. The topological polar surface area (TPSA) is 74.6 Å². The molecule has 0 saturated heterocycles. The normalized spacial score (nSPS) is 15.4. The molecule has 0 spiro atoms. The van der Waals surface area contributed by atoms with Crippen LogP contribution in [0.25, 0.3) is 0 Å². The van der Waals surface area contributed by atoms with E-state index in [9.17, 15) is 8.42 Å². The summed E-state index contributed by atoms with van der Waals surface area (Å²) in [5, 5.41) is 9.01. The molecule has 0 heterocycles. The minimum atomic E-state index is -4.27. The molecule has 0 radical (unpaired) electrons. The molecule has 0 rings (SSSR count). The van der Waals surface area contributed by atoms with Gasteiger partial charge in [-0.05, 0) is 12.8 Å². The molecule has 4 nitrogen and oxygen atoms in total. The lowest BCUT2D eigenvalue weighted by Crippen LogP contribution is -2.28. The number of aliphatic hydroxyl groups excluding tert-OH is 1. The number of aliphatic hydroxyl groups is 1. The monoisotopic (exact) mass is 182 g/mol. The maximum absolute atomic E-state index is 10.4. The highest BCUT2D eigenvalue weighted by molar-refractivity contribution is 7.86. The van der Waals surface area contributed by atoms with Crippen LogP contribution in [-0.2, 0) is 10.1 Å². The fourth-order valence-electron chi connectivity index (χ4n) is 0.935. The number of rotatable bonds is 4.